The Bertz CT molecular complexity index is 1330. The topological polar surface area (TPSA) is 95.8 Å². The highest BCUT2D eigenvalue weighted by molar-refractivity contribution is 6.01. The van der Waals surface area contributed by atoms with Crippen molar-refractivity contribution in [1.29, 1.82) is 0 Å². The molecule has 0 saturated carbocycles. The number of carbonyl (C=O) groups is 1. The van der Waals surface area contributed by atoms with Gasteiger partial charge in [-0.3, -0.25) is 4.79 Å². The Morgan fingerprint density at radius 1 is 1.03 bits per heavy atom. The van der Waals surface area contributed by atoms with Gasteiger partial charge in [-0.2, -0.15) is 0 Å². The molecule has 1 saturated heterocycles. The summed E-state index contributed by atoms with van der Waals surface area (Å²) >= 11 is 0. The molecular formula is C24H23N7O2. The minimum atomic E-state index is -0.0550. The predicted octanol–water partition coefficient (Wildman–Crippen LogP) is 3.34. The second kappa shape index (κ2) is 8.10. The van der Waals surface area contributed by atoms with Crippen molar-refractivity contribution in [3.63, 3.8) is 0 Å². The van der Waals surface area contributed by atoms with Gasteiger partial charge in [0.15, 0.2) is 11.5 Å². The highest BCUT2D eigenvalue weighted by Crippen LogP contribution is 2.31. The molecule has 0 unspecified atom stereocenters. The maximum absolute atomic E-state index is 11.8. The molecule has 9 nitrogen and oxygen atoms in total. The summed E-state index contributed by atoms with van der Waals surface area (Å²) in [5.74, 6) is 0.608. The number of rotatable bonds is 4. The number of hydrogen-bond acceptors (Lipinski definition) is 7. The number of aromatic nitrogens is 3. The lowest BCUT2D eigenvalue weighted by atomic mass is 10.1. The lowest BCUT2D eigenvalue weighted by Gasteiger charge is -2.28. The van der Waals surface area contributed by atoms with Gasteiger partial charge in [-0.15, -0.1) is 0 Å². The van der Waals surface area contributed by atoms with Gasteiger partial charge in [-0.25, -0.2) is 9.97 Å². The fraction of sp³-hybridized carbons (Fsp3) is 0.208. The Morgan fingerprint density at radius 2 is 1.88 bits per heavy atom. The summed E-state index contributed by atoms with van der Waals surface area (Å²) < 4.78 is 7.39. The monoisotopic (exact) mass is 441 g/mol. The molecule has 0 spiro atoms. The van der Waals surface area contributed by atoms with Crippen LogP contribution in [0, 0.1) is 0 Å². The van der Waals surface area contributed by atoms with Crippen molar-refractivity contribution in [1.82, 2.24) is 14.4 Å². The smallest absolute Gasteiger partial charge is 0.243 e. The second-order valence-electron chi connectivity index (χ2n) is 8.07. The van der Waals surface area contributed by atoms with Gasteiger partial charge in [-0.05, 0) is 36.4 Å². The first-order valence-corrected chi connectivity index (χ1v) is 10.9. The van der Waals surface area contributed by atoms with Crippen LogP contribution in [0.25, 0.3) is 16.9 Å². The van der Waals surface area contributed by atoms with Crippen molar-refractivity contribution in [2.45, 2.75) is 0 Å². The molecule has 2 aliphatic rings. The largest absolute Gasteiger partial charge is 0.378 e. The molecule has 2 aromatic carbocycles. The minimum absolute atomic E-state index is 0.0550. The van der Waals surface area contributed by atoms with Crippen LogP contribution in [0.1, 0.15) is 0 Å². The molecular weight excluding hydrogens is 418 g/mol. The third kappa shape index (κ3) is 3.83. The van der Waals surface area contributed by atoms with Gasteiger partial charge >= 0.3 is 0 Å². The van der Waals surface area contributed by atoms with Gasteiger partial charge in [-0.1, -0.05) is 6.07 Å². The molecule has 1 amide bonds. The van der Waals surface area contributed by atoms with Crippen LogP contribution in [0.5, 0.6) is 0 Å². The number of fused-ring (bicyclic) bond motifs is 2. The van der Waals surface area contributed by atoms with Crippen LogP contribution >= 0.6 is 0 Å². The first-order chi connectivity index (χ1) is 16.2. The van der Waals surface area contributed by atoms with Crippen LogP contribution in [-0.4, -0.2) is 53.1 Å². The standard InChI is InChI=1S/C24H23N7O2/c32-22-14-26-19-6-1-16(13-20(19)28-22)21-15-31-8-7-25-24(31)23(29-21)27-17-2-4-18(5-3-17)30-9-11-33-12-10-30/h1-8,13,15,26H,9-12,14H2,(H,27,29)(H,28,32). The number of nitrogens with zero attached hydrogens (tertiary/aromatic N) is 4. The van der Waals surface area contributed by atoms with Crippen molar-refractivity contribution < 1.29 is 9.53 Å². The van der Waals surface area contributed by atoms with E-state index in [0.29, 0.717) is 5.82 Å². The maximum atomic E-state index is 11.8. The molecule has 4 heterocycles. The SMILES string of the molecule is O=C1CNc2ccc(-c3cn4ccnc4c(Nc4ccc(N5CCOCC5)cc4)n3)cc2N1. The molecule has 1 fully saturated rings. The Morgan fingerprint density at radius 3 is 2.73 bits per heavy atom. The van der Waals surface area contributed by atoms with Crippen LogP contribution < -0.4 is 20.9 Å². The highest BCUT2D eigenvalue weighted by Gasteiger charge is 2.16. The van der Waals surface area contributed by atoms with Crippen LogP contribution in [0.3, 0.4) is 0 Å². The first kappa shape index (κ1) is 19.6. The summed E-state index contributed by atoms with van der Waals surface area (Å²) in [5.41, 5.74) is 6.19. The number of hydrogen-bond donors (Lipinski definition) is 3. The summed E-state index contributed by atoms with van der Waals surface area (Å²) in [6, 6.07) is 14.2. The van der Waals surface area contributed by atoms with E-state index in [4.69, 9.17) is 9.72 Å². The maximum Gasteiger partial charge on any atom is 0.243 e. The number of amides is 1. The molecule has 0 radical (unpaired) electrons. The average molecular weight is 441 g/mol. The number of benzene rings is 2. The summed E-state index contributed by atoms with van der Waals surface area (Å²) in [7, 11) is 0. The molecule has 4 aromatic rings. The summed E-state index contributed by atoms with van der Waals surface area (Å²) in [6.07, 6.45) is 5.59. The zero-order valence-electron chi connectivity index (χ0n) is 17.9. The van der Waals surface area contributed by atoms with Gasteiger partial charge in [0.25, 0.3) is 0 Å². The Hall–Kier alpha value is -4.11. The fourth-order valence-corrected chi connectivity index (χ4v) is 4.20. The number of ether oxygens (including phenoxy) is 1. The first-order valence-electron chi connectivity index (χ1n) is 10.9. The Balaban J connectivity index is 1.31. The molecule has 2 aliphatic heterocycles. The molecule has 33 heavy (non-hydrogen) atoms. The lowest BCUT2D eigenvalue weighted by Crippen LogP contribution is -2.36. The van der Waals surface area contributed by atoms with Crippen molar-refractivity contribution in [2.24, 2.45) is 0 Å². The van der Waals surface area contributed by atoms with E-state index in [2.05, 4.69) is 50.1 Å². The van der Waals surface area contributed by atoms with Crippen molar-refractivity contribution in [3.05, 3.63) is 61.1 Å². The van der Waals surface area contributed by atoms with Crippen molar-refractivity contribution in [2.75, 3.05) is 53.7 Å². The fourth-order valence-electron chi connectivity index (χ4n) is 4.20. The van der Waals surface area contributed by atoms with Gasteiger partial charge < -0.3 is 30.0 Å². The van der Waals surface area contributed by atoms with E-state index >= 15 is 0 Å². The molecule has 166 valence electrons. The number of imidazole rings is 1. The van der Waals surface area contributed by atoms with Gasteiger partial charge in [0.05, 0.1) is 36.8 Å². The van der Waals surface area contributed by atoms with E-state index in [9.17, 15) is 4.79 Å². The third-order valence-electron chi connectivity index (χ3n) is 5.91. The number of nitrogens with one attached hydrogen (secondary N) is 3. The minimum Gasteiger partial charge on any atom is -0.378 e. The quantitative estimate of drug-likeness (QED) is 0.447. The van der Waals surface area contributed by atoms with E-state index in [1.54, 1.807) is 6.20 Å². The zero-order chi connectivity index (χ0) is 22.2. The van der Waals surface area contributed by atoms with Crippen LogP contribution in [0.4, 0.5) is 28.6 Å². The molecule has 2 aromatic heterocycles. The van der Waals surface area contributed by atoms with Gasteiger partial charge in [0, 0.05) is 48.6 Å². The van der Waals surface area contributed by atoms with E-state index in [0.717, 1.165) is 60.3 Å². The molecule has 3 N–H and O–H groups in total. The summed E-state index contributed by atoms with van der Waals surface area (Å²) in [5, 5.41) is 9.45. The Kier molecular flexibility index (Phi) is 4.80. The normalized spacial score (nSPS) is 15.6. The van der Waals surface area contributed by atoms with Crippen LogP contribution in [-0.2, 0) is 9.53 Å². The third-order valence-corrected chi connectivity index (χ3v) is 5.91. The lowest BCUT2D eigenvalue weighted by molar-refractivity contribution is -0.114. The summed E-state index contributed by atoms with van der Waals surface area (Å²) in [4.78, 5) is 23.4. The van der Waals surface area contributed by atoms with Gasteiger partial charge in [0.2, 0.25) is 5.91 Å². The van der Waals surface area contributed by atoms with E-state index in [1.165, 1.54) is 5.69 Å². The average Bonchev–Trinajstić information content (AvgIpc) is 3.34. The second-order valence-corrected chi connectivity index (χ2v) is 8.07. The predicted molar refractivity (Wildman–Crippen MR) is 128 cm³/mol. The van der Waals surface area contributed by atoms with Crippen molar-refractivity contribution >= 4 is 40.1 Å². The number of morpholine rings is 1. The van der Waals surface area contributed by atoms with Crippen LogP contribution in [0.15, 0.2) is 61.1 Å². The molecule has 0 aliphatic carbocycles. The molecule has 6 rings (SSSR count). The van der Waals surface area contributed by atoms with Crippen LogP contribution in [0.2, 0.25) is 0 Å². The highest BCUT2D eigenvalue weighted by atomic mass is 16.5. The zero-order valence-corrected chi connectivity index (χ0v) is 17.9. The van der Waals surface area contributed by atoms with E-state index in [1.807, 2.05) is 35.0 Å². The van der Waals surface area contributed by atoms with Crippen molar-refractivity contribution in [3.8, 4) is 11.3 Å². The molecule has 0 atom stereocenters. The number of anilines is 5. The number of carbonyl (C=O) groups excluding carboxylic acids is 1. The summed E-state index contributed by atoms with van der Waals surface area (Å²) in [6.45, 7) is 3.61. The van der Waals surface area contributed by atoms with E-state index in [-0.39, 0.29) is 12.5 Å². The Labute approximate surface area is 190 Å². The van der Waals surface area contributed by atoms with Gasteiger partial charge in [0.1, 0.15) is 0 Å². The molecule has 9 heteroatoms. The van der Waals surface area contributed by atoms with E-state index < -0.39 is 0 Å². The molecule has 0 bridgehead atoms.